The summed E-state index contributed by atoms with van der Waals surface area (Å²) in [6.45, 7) is 2.83. The first-order valence-electron chi connectivity index (χ1n) is 5.07. The van der Waals surface area contributed by atoms with Crippen molar-refractivity contribution in [2.45, 2.75) is 32.2 Å². The number of carbonyl (C=O) groups excluding carboxylic acids is 1. The number of hydrogen-bond donors (Lipinski definition) is 1. The zero-order chi connectivity index (χ0) is 11.0. The number of amides is 1. The topological polar surface area (TPSA) is 32.3 Å². The standard InChI is InChI=1S/C10H21BrN2O/c1-9(13(2)3)8-12-10(14)6-4-5-7-11/h9H,4-8H2,1-3H3,(H,12,14). The summed E-state index contributed by atoms with van der Waals surface area (Å²) in [6.07, 6.45) is 2.68. The highest BCUT2D eigenvalue weighted by atomic mass is 79.9. The average molecular weight is 265 g/mol. The summed E-state index contributed by atoms with van der Waals surface area (Å²) in [4.78, 5) is 13.4. The second kappa shape index (κ2) is 8.24. The molecule has 0 fully saturated rings. The number of carbonyl (C=O) groups is 1. The third-order valence-corrected chi connectivity index (χ3v) is 2.82. The maximum atomic E-state index is 11.3. The molecule has 1 atom stereocenters. The second-order valence-electron chi connectivity index (χ2n) is 3.76. The van der Waals surface area contributed by atoms with Gasteiger partial charge < -0.3 is 10.2 Å². The van der Waals surface area contributed by atoms with Crippen molar-refractivity contribution in [1.29, 1.82) is 0 Å². The van der Waals surface area contributed by atoms with E-state index in [1.165, 1.54) is 0 Å². The molecule has 14 heavy (non-hydrogen) atoms. The predicted molar refractivity (Wildman–Crippen MR) is 63.8 cm³/mol. The number of rotatable bonds is 7. The summed E-state index contributed by atoms with van der Waals surface area (Å²) in [5, 5.41) is 3.91. The van der Waals surface area contributed by atoms with Crippen LogP contribution in [0.25, 0.3) is 0 Å². The van der Waals surface area contributed by atoms with E-state index in [0.717, 1.165) is 24.7 Å². The zero-order valence-corrected chi connectivity index (χ0v) is 10.9. The number of halogens is 1. The zero-order valence-electron chi connectivity index (χ0n) is 9.35. The quantitative estimate of drug-likeness (QED) is 0.560. The van der Waals surface area contributed by atoms with Crippen LogP contribution in [-0.2, 0) is 4.79 Å². The van der Waals surface area contributed by atoms with Gasteiger partial charge in [-0.2, -0.15) is 0 Å². The molecule has 0 aliphatic carbocycles. The van der Waals surface area contributed by atoms with Crippen molar-refractivity contribution in [2.75, 3.05) is 26.0 Å². The third-order valence-electron chi connectivity index (χ3n) is 2.26. The van der Waals surface area contributed by atoms with Gasteiger partial charge in [-0.15, -0.1) is 0 Å². The van der Waals surface area contributed by atoms with Gasteiger partial charge in [0.2, 0.25) is 5.91 Å². The Hall–Kier alpha value is -0.0900. The minimum absolute atomic E-state index is 0.166. The summed E-state index contributed by atoms with van der Waals surface area (Å²) in [7, 11) is 4.03. The van der Waals surface area contributed by atoms with Crippen LogP contribution >= 0.6 is 15.9 Å². The lowest BCUT2D eigenvalue weighted by molar-refractivity contribution is -0.121. The molecule has 0 saturated carbocycles. The van der Waals surface area contributed by atoms with Crippen LogP contribution in [0.5, 0.6) is 0 Å². The van der Waals surface area contributed by atoms with Gasteiger partial charge in [0, 0.05) is 24.3 Å². The first kappa shape index (κ1) is 13.9. The van der Waals surface area contributed by atoms with Gasteiger partial charge in [-0.3, -0.25) is 4.79 Å². The number of unbranched alkanes of at least 4 members (excludes halogenated alkanes) is 1. The van der Waals surface area contributed by atoms with E-state index in [-0.39, 0.29) is 5.91 Å². The minimum Gasteiger partial charge on any atom is -0.355 e. The maximum absolute atomic E-state index is 11.3. The summed E-state index contributed by atoms with van der Waals surface area (Å²) in [6, 6.07) is 0.398. The highest BCUT2D eigenvalue weighted by molar-refractivity contribution is 9.09. The van der Waals surface area contributed by atoms with Crippen molar-refractivity contribution in [1.82, 2.24) is 10.2 Å². The Bertz CT molecular complexity index is 162. The van der Waals surface area contributed by atoms with Crippen molar-refractivity contribution < 1.29 is 4.79 Å². The van der Waals surface area contributed by atoms with E-state index in [4.69, 9.17) is 0 Å². The van der Waals surface area contributed by atoms with E-state index >= 15 is 0 Å². The Morgan fingerprint density at radius 2 is 2.07 bits per heavy atom. The number of likely N-dealkylation sites (N-methyl/N-ethyl adjacent to an activating group) is 1. The van der Waals surface area contributed by atoms with Crippen molar-refractivity contribution in [2.24, 2.45) is 0 Å². The minimum atomic E-state index is 0.166. The molecule has 0 spiro atoms. The van der Waals surface area contributed by atoms with E-state index in [1.54, 1.807) is 0 Å². The van der Waals surface area contributed by atoms with Crippen molar-refractivity contribution in [3.63, 3.8) is 0 Å². The molecule has 0 aliphatic rings. The van der Waals surface area contributed by atoms with E-state index in [9.17, 15) is 4.79 Å². The van der Waals surface area contributed by atoms with E-state index < -0.39 is 0 Å². The van der Waals surface area contributed by atoms with Crippen LogP contribution in [0.2, 0.25) is 0 Å². The normalized spacial score (nSPS) is 12.9. The highest BCUT2D eigenvalue weighted by Crippen LogP contribution is 1.98. The van der Waals surface area contributed by atoms with Gasteiger partial charge in [-0.05, 0) is 33.9 Å². The fourth-order valence-electron chi connectivity index (χ4n) is 0.913. The average Bonchev–Trinajstić information content (AvgIpc) is 2.14. The molecule has 0 saturated heterocycles. The summed E-state index contributed by atoms with van der Waals surface area (Å²) in [5.74, 6) is 0.166. The molecule has 0 aromatic rings. The maximum Gasteiger partial charge on any atom is 0.220 e. The van der Waals surface area contributed by atoms with Crippen LogP contribution in [0.1, 0.15) is 26.2 Å². The molecule has 84 valence electrons. The van der Waals surface area contributed by atoms with Crippen LogP contribution in [0.3, 0.4) is 0 Å². The summed E-state index contributed by atoms with van der Waals surface area (Å²) >= 11 is 3.34. The molecule has 0 aliphatic heterocycles. The van der Waals surface area contributed by atoms with Gasteiger partial charge in [-0.1, -0.05) is 15.9 Å². The fraction of sp³-hybridized carbons (Fsp3) is 0.900. The predicted octanol–water partition coefficient (Wildman–Crippen LogP) is 1.62. The lowest BCUT2D eigenvalue weighted by Gasteiger charge is -2.19. The number of nitrogens with zero attached hydrogens (tertiary/aromatic N) is 1. The van der Waals surface area contributed by atoms with Crippen molar-refractivity contribution >= 4 is 21.8 Å². The van der Waals surface area contributed by atoms with Gasteiger partial charge in [-0.25, -0.2) is 0 Å². The van der Waals surface area contributed by atoms with Gasteiger partial charge in [0.25, 0.3) is 0 Å². The third kappa shape index (κ3) is 7.33. The number of nitrogens with one attached hydrogen (secondary N) is 1. The highest BCUT2D eigenvalue weighted by Gasteiger charge is 2.06. The first-order chi connectivity index (χ1) is 6.57. The lowest BCUT2D eigenvalue weighted by Crippen LogP contribution is -2.38. The van der Waals surface area contributed by atoms with Gasteiger partial charge in [0.15, 0.2) is 0 Å². The molecule has 1 amide bonds. The Labute approximate surface area is 95.4 Å². The van der Waals surface area contributed by atoms with Crippen LogP contribution in [-0.4, -0.2) is 42.8 Å². The molecule has 1 unspecified atom stereocenters. The molecule has 1 N–H and O–H groups in total. The van der Waals surface area contributed by atoms with Crippen molar-refractivity contribution in [3.05, 3.63) is 0 Å². The Morgan fingerprint density at radius 3 is 2.57 bits per heavy atom. The number of alkyl halides is 1. The molecule has 0 bridgehead atoms. The molecule has 0 heterocycles. The molecule has 3 nitrogen and oxygen atoms in total. The molecule has 0 rings (SSSR count). The molecule has 4 heteroatoms. The fourth-order valence-corrected chi connectivity index (χ4v) is 1.31. The van der Waals surface area contributed by atoms with Crippen LogP contribution < -0.4 is 5.32 Å². The second-order valence-corrected chi connectivity index (χ2v) is 4.56. The monoisotopic (exact) mass is 264 g/mol. The molecule has 0 aromatic carbocycles. The SMILES string of the molecule is CC(CNC(=O)CCCCBr)N(C)C. The smallest absolute Gasteiger partial charge is 0.220 e. The first-order valence-corrected chi connectivity index (χ1v) is 6.19. The van der Waals surface area contributed by atoms with Crippen LogP contribution in [0, 0.1) is 0 Å². The number of hydrogen-bond acceptors (Lipinski definition) is 2. The van der Waals surface area contributed by atoms with E-state index in [0.29, 0.717) is 12.5 Å². The van der Waals surface area contributed by atoms with E-state index in [2.05, 4.69) is 33.1 Å². The molecule has 0 radical (unpaired) electrons. The van der Waals surface area contributed by atoms with Gasteiger partial charge in [0.1, 0.15) is 0 Å². The van der Waals surface area contributed by atoms with Gasteiger partial charge in [0.05, 0.1) is 0 Å². The van der Waals surface area contributed by atoms with E-state index in [1.807, 2.05) is 14.1 Å². The Balaban J connectivity index is 3.44. The van der Waals surface area contributed by atoms with Gasteiger partial charge >= 0.3 is 0 Å². The Kier molecular flexibility index (Phi) is 8.18. The van der Waals surface area contributed by atoms with Crippen LogP contribution in [0.4, 0.5) is 0 Å². The molecule has 0 aromatic heterocycles. The summed E-state index contributed by atoms with van der Waals surface area (Å²) in [5.41, 5.74) is 0. The molecular weight excluding hydrogens is 244 g/mol. The largest absolute Gasteiger partial charge is 0.355 e. The van der Waals surface area contributed by atoms with Crippen LogP contribution in [0.15, 0.2) is 0 Å². The Morgan fingerprint density at radius 1 is 1.43 bits per heavy atom. The lowest BCUT2D eigenvalue weighted by atomic mass is 10.2. The van der Waals surface area contributed by atoms with Crippen molar-refractivity contribution in [3.8, 4) is 0 Å². The molecular formula is C10H21BrN2O. The summed E-state index contributed by atoms with van der Waals surface area (Å²) < 4.78 is 0.